The molecule has 0 aromatic heterocycles. The fourth-order valence-corrected chi connectivity index (χ4v) is 6.12. The van der Waals surface area contributed by atoms with Gasteiger partial charge in [0, 0.05) is 35.8 Å². The molecule has 8 nitrogen and oxygen atoms in total. The first kappa shape index (κ1) is 30.3. The zero-order valence-corrected chi connectivity index (χ0v) is 24.5. The van der Waals surface area contributed by atoms with Crippen LogP contribution in [-0.2, 0) is 22.4 Å². The van der Waals surface area contributed by atoms with Crippen molar-refractivity contribution in [3.05, 3.63) is 82.4 Å². The lowest BCUT2D eigenvalue weighted by atomic mass is 9.82. The van der Waals surface area contributed by atoms with Gasteiger partial charge in [0.1, 0.15) is 17.4 Å². The quantitative estimate of drug-likeness (QED) is 0.277. The highest BCUT2D eigenvalue weighted by Gasteiger charge is 2.49. The van der Waals surface area contributed by atoms with E-state index >= 15 is 8.78 Å². The van der Waals surface area contributed by atoms with Crippen LogP contribution in [0.3, 0.4) is 0 Å². The molecule has 2 N–H and O–H groups in total. The number of carboxylic acids is 1. The second-order valence-corrected chi connectivity index (χ2v) is 10.8. The van der Waals surface area contributed by atoms with Crippen LogP contribution in [0.15, 0.2) is 48.5 Å². The minimum atomic E-state index is -1.27. The van der Waals surface area contributed by atoms with E-state index in [1.165, 1.54) is 24.3 Å². The third-order valence-electron chi connectivity index (χ3n) is 8.15. The molecule has 1 unspecified atom stereocenters. The van der Waals surface area contributed by atoms with Crippen molar-refractivity contribution in [1.82, 2.24) is 4.90 Å². The molecule has 43 heavy (non-hydrogen) atoms. The topological polar surface area (TPSA) is 97.3 Å². The minimum absolute atomic E-state index is 0.00476. The van der Waals surface area contributed by atoms with Gasteiger partial charge in [0.05, 0.1) is 25.1 Å². The number of hydrogen-bond donors (Lipinski definition) is 2. The fraction of sp³-hybridized carbons (Fsp3) is 0.394. The normalized spacial score (nSPS) is 19.4. The molecule has 2 aliphatic rings. The van der Waals surface area contributed by atoms with E-state index in [4.69, 9.17) is 14.2 Å². The number of para-hydroxylation sites is 1. The van der Waals surface area contributed by atoms with Crippen LogP contribution in [0.4, 0.5) is 14.5 Å². The monoisotopic (exact) mass is 594 g/mol. The highest BCUT2D eigenvalue weighted by molar-refractivity contribution is 5.94. The molecular weight excluding hydrogens is 558 g/mol. The average Bonchev–Trinajstić information content (AvgIpc) is 3.59. The summed E-state index contributed by atoms with van der Waals surface area (Å²) in [4.78, 5) is 28.0. The Kier molecular flexibility index (Phi) is 9.15. The van der Waals surface area contributed by atoms with Gasteiger partial charge in [-0.3, -0.25) is 14.5 Å². The summed E-state index contributed by atoms with van der Waals surface area (Å²) < 4.78 is 47.4. The number of halogens is 2. The molecular formula is C33H36F2N2O6. The Morgan fingerprint density at radius 3 is 2.28 bits per heavy atom. The zero-order valence-electron chi connectivity index (χ0n) is 24.5. The van der Waals surface area contributed by atoms with E-state index in [9.17, 15) is 14.7 Å². The van der Waals surface area contributed by atoms with Gasteiger partial charge in [0.15, 0.2) is 11.5 Å². The lowest BCUT2D eigenvalue weighted by Gasteiger charge is -2.27. The van der Waals surface area contributed by atoms with E-state index in [1.807, 2.05) is 39.0 Å². The molecule has 1 amide bonds. The summed E-state index contributed by atoms with van der Waals surface area (Å²) in [5, 5.41) is 13.5. The van der Waals surface area contributed by atoms with Crippen LogP contribution in [0.2, 0.25) is 0 Å². The van der Waals surface area contributed by atoms with Gasteiger partial charge in [-0.15, -0.1) is 0 Å². The number of carbonyl (C=O) groups excluding carboxylic acids is 1. The molecule has 10 heteroatoms. The molecule has 0 radical (unpaired) electrons. The number of hydrogen-bond acceptors (Lipinski definition) is 6. The van der Waals surface area contributed by atoms with E-state index in [1.54, 1.807) is 11.0 Å². The van der Waals surface area contributed by atoms with Crippen LogP contribution in [-0.4, -0.2) is 48.4 Å². The largest absolute Gasteiger partial charge is 0.494 e. The van der Waals surface area contributed by atoms with E-state index < -0.39 is 35.5 Å². The molecule has 3 atom stereocenters. The Morgan fingerprint density at radius 2 is 1.65 bits per heavy atom. The van der Waals surface area contributed by atoms with Crippen LogP contribution < -0.4 is 19.5 Å². The van der Waals surface area contributed by atoms with Gasteiger partial charge in [-0.05, 0) is 48.1 Å². The molecule has 3 aromatic carbocycles. The Hall–Kier alpha value is -4.18. The fourth-order valence-electron chi connectivity index (χ4n) is 6.12. The maximum Gasteiger partial charge on any atom is 0.309 e. The smallest absolute Gasteiger partial charge is 0.309 e. The van der Waals surface area contributed by atoms with Crippen molar-refractivity contribution in [2.24, 2.45) is 5.92 Å². The van der Waals surface area contributed by atoms with E-state index in [-0.39, 0.29) is 42.7 Å². The summed E-state index contributed by atoms with van der Waals surface area (Å²) in [5.74, 6) is -4.24. The summed E-state index contributed by atoms with van der Waals surface area (Å²) in [6, 6.07) is 11.7. The predicted octanol–water partition coefficient (Wildman–Crippen LogP) is 6.09. The van der Waals surface area contributed by atoms with Gasteiger partial charge < -0.3 is 24.6 Å². The molecule has 0 bridgehead atoms. The third-order valence-corrected chi connectivity index (χ3v) is 8.15. The number of fused-ring (bicyclic) bond motifs is 1. The SMILES string of the molecule is CCCOc1ccc([C@H]2C(C(=O)O)[C@@H](c3cc4c(cc3F)OCO4)CN2CC(=O)Nc2c(CC)cccc2CC)c(F)c1. The van der Waals surface area contributed by atoms with Crippen molar-refractivity contribution in [1.29, 1.82) is 0 Å². The number of amides is 1. The molecule has 0 aliphatic carbocycles. The molecule has 1 fully saturated rings. The number of nitrogens with zero attached hydrogens (tertiary/aromatic N) is 1. The number of carboxylic acid groups (broad SMARTS) is 1. The lowest BCUT2D eigenvalue weighted by molar-refractivity contribution is -0.143. The van der Waals surface area contributed by atoms with Gasteiger partial charge in [-0.2, -0.15) is 0 Å². The summed E-state index contributed by atoms with van der Waals surface area (Å²) in [6.07, 6.45) is 2.15. The number of likely N-dealkylation sites (tertiary alicyclic amines) is 1. The number of benzene rings is 3. The maximum atomic E-state index is 15.7. The van der Waals surface area contributed by atoms with Crippen LogP contribution in [0.1, 0.15) is 61.4 Å². The van der Waals surface area contributed by atoms with Crippen molar-refractivity contribution >= 4 is 17.6 Å². The molecule has 3 aromatic rings. The number of carbonyl (C=O) groups is 2. The Morgan fingerprint density at radius 1 is 0.977 bits per heavy atom. The second-order valence-electron chi connectivity index (χ2n) is 10.8. The van der Waals surface area contributed by atoms with E-state index in [0.29, 0.717) is 30.9 Å². The van der Waals surface area contributed by atoms with Crippen LogP contribution in [0, 0.1) is 17.6 Å². The molecule has 5 rings (SSSR count). The van der Waals surface area contributed by atoms with Gasteiger partial charge in [0.25, 0.3) is 0 Å². The molecule has 228 valence electrons. The first-order valence-corrected chi connectivity index (χ1v) is 14.6. The van der Waals surface area contributed by atoms with Crippen LogP contribution in [0.25, 0.3) is 0 Å². The molecule has 0 saturated carbocycles. The van der Waals surface area contributed by atoms with Crippen molar-refractivity contribution in [3.63, 3.8) is 0 Å². The molecule has 0 spiro atoms. The summed E-state index contributed by atoms with van der Waals surface area (Å²) in [5.41, 5.74) is 2.88. The maximum absolute atomic E-state index is 15.7. The number of anilines is 1. The summed E-state index contributed by atoms with van der Waals surface area (Å²) in [7, 11) is 0. The Balaban J connectivity index is 1.53. The van der Waals surface area contributed by atoms with Gasteiger partial charge >= 0.3 is 5.97 Å². The molecule has 1 saturated heterocycles. The predicted molar refractivity (Wildman–Crippen MR) is 157 cm³/mol. The van der Waals surface area contributed by atoms with Crippen LogP contribution in [0.5, 0.6) is 17.2 Å². The number of rotatable bonds is 11. The minimum Gasteiger partial charge on any atom is -0.494 e. The summed E-state index contributed by atoms with van der Waals surface area (Å²) in [6.45, 7) is 6.02. The van der Waals surface area contributed by atoms with Gasteiger partial charge in [-0.1, -0.05) is 45.0 Å². The Bertz CT molecular complexity index is 1490. The summed E-state index contributed by atoms with van der Waals surface area (Å²) >= 11 is 0. The first-order chi connectivity index (χ1) is 20.7. The number of nitrogens with one attached hydrogen (secondary N) is 1. The van der Waals surface area contributed by atoms with Crippen molar-refractivity contribution in [3.8, 4) is 17.2 Å². The highest BCUT2D eigenvalue weighted by atomic mass is 19.1. The van der Waals surface area contributed by atoms with Crippen LogP contribution >= 0.6 is 0 Å². The number of ether oxygens (including phenoxy) is 3. The van der Waals surface area contributed by atoms with E-state index in [0.717, 1.165) is 23.2 Å². The van der Waals surface area contributed by atoms with Crippen molar-refractivity contribution in [2.75, 3.05) is 31.8 Å². The zero-order chi connectivity index (χ0) is 30.7. The molecule has 2 aliphatic heterocycles. The van der Waals surface area contributed by atoms with Crippen molar-refractivity contribution in [2.45, 2.75) is 52.0 Å². The highest BCUT2D eigenvalue weighted by Crippen LogP contribution is 2.49. The standard InChI is InChI=1S/C33H36F2N2O6/c1-4-12-41-21-10-11-22(25(34)13-21)32-30(33(39)40)24(23-14-27-28(15-26(23)35)43-18-42-27)16-37(32)17-29(38)36-31-19(5-2)8-7-9-20(31)6-3/h7-11,13-15,24,30,32H,4-6,12,16-18H2,1-3H3,(H,36,38)(H,39,40)/t24-,30?,32+/m1/s1. The Labute approximate surface area is 249 Å². The average molecular weight is 595 g/mol. The van der Waals surface area contributed by atoms with E-state index in [2.05, 4.69) is 5.32 Å². The number of aryl methyl sites for hydroxylation is 2. The first-order valence-electron chi connectivity index (χ1n) is 14.6. The van der Waals surface area contributed by atoms with Crippen molar-refractivity contribution < 1.29 is 37.7 Å². The molecule has 2 heterocycles. The van der Waals surface area contributed by atoms with Gasteiger partial charge in [0.2, 0.25) is 12.7 Å². The lowest BCUT2D eigenvalue weighted by Crippen LogP contribution is -2.35. The second kappa shape index (κ2) is 13.0. The van der Waals surface area contributed by atoms with Gasteiger partial charge in [-0.25, -0.2) is 8.78 Å². The third kappa shape index (κ3) is 6.15. The number of aliphatic carboxylic acids is 1.